The average molecular weight is 281 g/mol. The van der Waals surface area contributed by atoms with Gasteiger partial charge in [-0.1, -0.05) is 18.2 Å². The van der Waals surface area contributed by atoms with Crippen LogP contribution in [0.2, 0.25) is 0 Å². The second-order valence-electron chi connectivity index (χ2n) is 5.06. The lowest BCUT2D eigenvalue weighted by Crippen LogP contribution is -2.37. The van der Waals surface area contributed by atoms with Crippen molar-refractivity contribution in [2.75, 3.05) is 19.8 Å². The Morgan fingerprint density at radius 1 is 1.45 bits per heavy atom. The monoisotopic (exact) mass is 281 g/mol. The highest BCUT2D eigenvalue weighted by atomic mass is 19.1. The Balaban J connectivity index is 2.02. The number of allylic oxidation sites excluding steroid dienone is 1. The molecule has 5 heteroatoms. The number of likely N-dealkylation sites (tertiary alicyclic amines) is 1. The van der Waals surface area contributed by atoms with E-state index in [1.54, 1.807) is 18.2 Å². The number of nitrogens with zero attached hydrogens (tertiary/aromatic N) is 1. The Labute approximate surface area is 116 Å². The van der Waals surface area contributed by atoms with Crippen molar-refractivity contribution in [1.29, 1.82) is 0 Å². The van der Waals surface area contributed by atoms with Gasteiger partial charge >= 0.3 is 0 Å². The van der Waals surface area contributed by atoms with E-state index in [4.69, 9.17) is 0 Å². The fraction of sp³-hybridized carbons (Fsp3) is 0.400. The minimum Gasteiger partial charge on any atom is -0.388 e. The predicted octanol–water partition coefficient (Wildman–Crippen LogP) is 1.86. The molecule has 1 saturated heterocycles. The molecule has 0 bridgehead atoms. The molecule has 1 aliphatic rings. The van der Waals surface area contributed by atoms with Crippen molar-refractivity contribution in [2.24, 2.45) is 0 Å². The summed E-state index contributed by atoms with van der Waals surface area (Å²) in [7, 11) is 0. The van der Waals surface area contributed by atoms with Crippen molar-refractivity contribution in [3.05, 3.63) is 47.8 Å². The summed E-state index contributed by atoms with van der Waals surface area (Å²) < 4.78 is 25.6. The highest BCUT2D eigenvalue weighted by Crippen LogP contribution is 2.26. The van der Waals surface area contributed by atoms with E-state index in [0.717, 1.165) is 12.2 Å². The fourth-order valence-corrected chi connectivity index (χ4v) is 2.44. The molecular weight excluding hydrogens is 264 g/mol. The van der Waals surface area contributed by atoms with Crippen LogP contribution in [0.15, 0.2) is 36.4 Å². The van der Waals surface area contributed by atoms with Gasteiger partial charge in [0.2, 0.25) is 5.91 Å². The number of carbonyl (C=O) groups is 1. The fourth-order valence-electron chi connectivity index (χ4n) is 2.44. The van der Waals surface area contributed by atoms with E-state index in [1.807, 2.05) is 0 Å². The average Bonchev–Trinajstić information content (AvgIpc) is 2.81. The van der Waals surface area contributed by atoms with Gasteiger partial charge in [0.25, 0.3) is 0 Å². The number of carbonyl (C=O) groups excluding carboxylic acids is 1. The zero-order valence-electron chi connectivity index (χ0n) is 11.1. The molecule has 3 nitrogen and oxygen atoms in total. The summed E-state index contributed by atoms with van der Waals surface area (Å²) in [4.78, 5) is 13.2. The molecule has 20 heavy (non-hydrogen) atoms. The van der Waals surface area contributed by atoms with Crippen LogP contribution in [0.4, 0.5) is 8.78 Å². The quantitative estimate of drug-likeness (QED) is 0.856. The van der Waals surface area contributed by atoms with Crippen molar-refractivity contribution in [2.45, 2.75) is 18.4 Å². The standard InChI is InChI=1S/C15H17F2NO2/c16-8-3-6-14(19)18-9-7-15(20,11-18)10-12-4-1-2-5-13(12)17/h1-6,20H,7-11H2/b6-3+. The van der Waals surface area contributed by atoms with Gasteiger partial charge < -0.3 is 10.0 Å². The molecule has 1 aromatic carbocycles. The number of hydrogen-bond acceptors (Lipinski definition) is 2. The number of hydrogen-bond donors (Lipinski definition) is 1. The summed E-state index contributed by atoms with van der Waals surface area (Å²) in [5.74, 6) is -0.685. The first-order valence-electron chi connectivity index (χ1n) is 6.51. The number of benzene rings is 1. The molecule has 1 heterocycles. The SMILES string of the molecule is O=C(/C=C/CF)N1CCC(O)(Cc2ccccc2F)C1. The van der Waals surface area contributed by atoms with Gasteiger partial charge in [-0.2, -0.15) is 0 Å². The zero-order valence-corrected chi connectivity index (χ0v) is 11.1. The molecule has 108 valence electrons. The van der Waals surface area contributed by atoms with Gasteiger partial charge in [0.05, 0.1) is 12.1 Å². The molecule has 0 radical (unpaired) electrons. The minimum absolute atomic E-state index is 0.136. The first-order chi connectivity index (χ1) is 9.54. The maximum absolute atomic E-state index is 13.6. The summed E-state index contributed by atoms with van der Waals surface area (Å²) in [5, 5.41) is 10.5. The van der Waals surface area contributed by atoms with Crippen LogP contribution in [-0.4, -0.2) is 41.3 Å². The molecule has 0 aromatic heterocycles. The molecule has 1 atom stereocenters. The second-order valence-corrected chi connectivity index (χ2v) is 5.06. The van der Waals surface area contributed by atoms with Crippen LogP contribution in [0.3, 0.4) is 0 Å². The van der Waals surface area contributed by atoms with E-state index in [-0.39, 0.29) is 24.7 Å². The highest BCUT2D eigenvalue weighted by molar-refractivity contribution is 5.87. The van der Waals surface area contributed by atoms with Gasteiger partial charge in [-0.25, -0.2) is 8.78 Å². The number of alkyl halides is 1. The van der Waals surface area contributed by atoms with Gasteiger partial charge in [-0.3, -0.25) is 4.79 Å². The number of rotatable bonds is 4. The van der Waals surface area contributed by atoms with Crippen LogP contribution < -0.4 is 0 Å². The maximum Gasteiger partial charge on any atom is 0.246 e. The molecule has 1 aliphatic heterocycles. The van der Waals surface area contributed by atoms with Crippen LogP contribution in [0.5, 0.6) is 0 Å². The summed E-state index contributed by atoms with van der Waals surface area (Å²) in [6, 6.07) is 6.28. The van der Waals surface area contributed by atoms with Crippen LogP contribution in [0, 0.1) is 5.82 Å². The number of β-amino-alcohol motifs (C(OH)–C–C–N with tert-alkyl or cyclic N) is 1. The lowest BCUT2D eigenvalue weighted by molar-refractivity contribution is -0.126. The van der Waals surface area contributed by atoms with Crippen LogP contribution in [0.25, 0.3) is 0 Å². The highest BCUT2D eigenvalue weighted by Gasteiger charge is 2.38. The normalized spacial score (nSPS) is 22.6. The molecule has 1 amide bonds. The van der Waals surface area contributed by atoms with E-state index in [9.17, 15) is 18.7 Å². The Kier molecular flexibility index (Phi) is 4.49. The lowest BCUT2D eigenvalue weighted by Gasteiger charge is -2.23. The Bertz CT molecular complexity index is 518. The zero-order chi connectivity index (χ0) is 14.6. The minimum atomic E-state index is -1.12. The van der Waals surface area contributed by atoms with Crippen molar-refractivity contribution < 1.29 is 18.7 Å². The summed E-state index contributed by atoms with van der Waals surface area (Å²) in [5.41, 5.74) is -0.690. The first-order valence-corrected chi connectivity index (χ1v) is 6.51. The van der Waals surface area contributed by atoms with E-state index >= 15 is 0 Å². The van der Waals surface area contributed by atoms with E-state index in [1.165, 1.54) is 11.0 Å². The van der Waals surface area contributed by atoms with Crippen molar-refractivity contribution in [1.82, 2.24) is 4.90 Å². The molecule has 0 saturated carbocycles. The molecule has 1 aromatic rings. The molecule has 0 spiro atoms. The van der Waals surface area contributed by atoms with E-state index in [0.29, 0.717) is 18.5 Å². The van der Waals surface area contributed by atoms with Crippen molar-refractivity contribution >= 4 is 5.91 Å². The van der Waals surface area contributed by atoms with Gasteiger partial charge in [0.15, 0.2) is 0 Å². The van der Waals surface area contributed by atoms with Crippen LogP contribution in [0.1, 0.15) is 12.0 Å². The Morgan fingerprint density at radius 3 is 2.90 bits per heavy atom. The largest absolute Gasteiger partial charge is 0.388 e. The van der Waals surface area contributed by atoms with Crippen LogP contribution >= 0.6 is 0 Å². The lowest BCUT2D eigenvalue weighted by atomic mass is 9.93. The van der Waals surface area contributed by atoms with Crippen molar-refractivity contribution in [3.63, 3.8) is 0 Å². The second kappa shape index (κ2) is 6.13. The van der Waals surface area contributed by atoms with E-state index in [2.05, 4.69) is 0 Å². The summed E-state index contributed by atoms with van der Waals surface area (Å²) in [6.45, 7) is -0.170. The van der Waals surface area contributed by atoms with Crippen molar-refractivity contribution in [3.8, 4) is 0 Å². The number of amides is 1. The first kappa shape index (κ1) is 14.7. The maximum atomic E-state index is 13.6. The molecule has 1 unspecified atom stereocenters. The third-order valence-corrected chi connectivity index (χ3v) is 3.47. The Morgan fingerprint density at radius 2 is 2.20 bits per heavy atom. The third-order valence-electron chi connectivity index (χ3n) is 3.47. The Hall–Kier alpha value is -1.75. The number of aliphatic hydroxyl groups is 1. The molecule has 1 fully saturated rings. The third kappa shape index (κ3) is 3.42. The molecule has 0 aliphatic carbocycles. The summed E-state index contributed by atoms with van der Waals surface area (Å²) >= 11 is 0. The van der Waals surface area contributed by atoms with Gasteiger partial charge in [0, 0.05) is 19.0 Å². The molecular formula is C15H17F2NO2. The van der Waals surface area contributed by atoms with Gasteiger partial charge in [-0.15, -0.1) is 0 Å². The molecule has 1 N–H and O–H groups in total. The topological polar surface area (TPSA) is 40.5 Å². The van der Waals surface area contributed by atoms with Gasteiger partial charge in [-0.05, 0) is 24.1 Å². The smallest absolute Gasteiger partial charge is 0.246 e. The predicted molar refractivity (Wildman–Crippen MR) is 71.4 cm³/mol. The van der Waals surface area contributed by atoms with E-state index < -0.39 is 12.3 Å². The molecule has 2 rings (SSSR count). The van der Waals surface area contributed by atoms with Gasteiger partial charge in [0.1, 0.15) is 12.5 Å². The number of halogens is 2. The van der Waals surface area contributed by atoms with Crippen LogP contribution in [-0.2, 0) is 11.2 Å². The summed E-state index contributed by atoms with van der Waals surface area (Å²) in [6.07, 6.45) is 2.85.